The van der Waals surface area contributed by atoms with Crippen LogP contribution >= 0.6 is 0 Å². The van der Waals surface area contributed by atoms with Crippen LogP contribution in [0.25, 0.3) is 0 Å². The number of ether oxygens (including phenoxy) is 1. The summed E-state index contributed by atoms with van der Waals surface area (Å²) >= 11 is 0. The van der Waals surface area contributed by atoms with Gasteiger partial charge in [0, 0.05) is 31.7 Å². The molecule has 0 bridgehead atoms. The van der Waals surface area contributed by atoms with Crippen LogP contribution in [0.4, 0.5) is 22.1 Å². The standard InChI is InChI=1S/C19H25N7O3/c1-3-29-19(28)26-10-8-25(9-11-26)17-15(20)16(21-12-22-17)23-24-18(27)14-6-4-13(2)5-7-14/h4-7,12H,3,8-11,20H2,1-2H3,(H,24,27)(H,21,22,23). The second kappa shape index (κ2) is 9.09. The van der Waals surface area contributed by atoms with Crippen molar-refractivity contribution in [3.8, 4) is 0 Å². The Morgan fingerprint density at radius 3 is 2.48 bits per heavy atom. The monoisotopic (exact) mass is 399 g/mol. The minimum Gasteiger partial charge on any atom is -0.450 e. The number of aromatic nitrogens is 2. The summed E-state index contributed by atoms with van der Waals surface area (Å²) in [6, 6.07) is 7.21. The Morgan fingerprint density at radius 2 is 1.83 bits per heavy atom. The molecule has 2 amide bonds. The van der Waals surface area contributed by atoms with Crippen molar-refractivity contribution in [2.75, 3.05) is 48.8 Å². The Hall–Kier alpha value is -3.56. The van der Waals surface area contributed by atoms with Gasteiger partial charge in [-0.1, -0.05) is 17.7 Å². The molecule has 10 heteroatoms. The third-order valence-electron chi connectivity index (χ3n) is 4.58. The molecule has 4 N–H and O–H groups in total. The summed E-state index contributed by atoms with van der Waals surface area (Å²) in [6.45, 7) is 6.23. The first-order valence-corrected chi connectivity index (χ1v) is 9.39. The number of hydrogen-bond acceptors (Lipinski definition) is 8. The number of carbonyl (C=O) groups excluding carboxylic acids is 2. The Morgan fingerprint density at radius 1 is 1.14 bits per heavy atom. The molecule has 0 saturated carbocycles. The lowest BCUT2D eigenvalue weighted by atomic mass is 10.1. The van der Waals surface area contributed by atoms with Crippen LogP contribution in [0.1, 0.15) is 22.8 Å². The predicted molar refractivity (Wildman–Crippen MR) is 110 cm³/mol. The van der Waals surface area contributed by atoms with Crippen LogP contribution in [0.15, 0.2) is 30.6 Å². The number of hydrogen-bond donors (Lipinski definition) is 3. The quantitative estimate of drug-likeness (QED) is 0.644. The van der Waals surface area contributed by atoms with Crippen molar-refractivity contribution in [1.29, 1.82) is 0 Å². The molecule has 10 nitrogen and oxygen atoms in total. The zero-order chi connectivity index (χ0) is 20.8. The van der Waals surface area contributed by atoms with Gasteiger partial charge in [0.1, 0.15) is 12.0 Å². The summed E-state index contributed by atoms with van der Waals surface area (Å²) in [4.78, 5) is 36.1. The summed E-state index contributed by atoms with van der Waals surface area (Å²) in [5, 5.41) is 0. The minimum atomic E-state index is -0.316. The molecule has 1 fully saturated rings. The van der Waals surface area contributed by atoms with Crippen molar-refractivity contribution >= 4 is 29.3 Å². The molecule has 0 radical (unpaired) electrons. The fourth-order valence-corrected chi connectivity index (χ4v) is 2.95. The number of piperazine rings is 1. The fraction of sp³-hybridized carbons (Fsp3) is 0.368. The van der Waals surface area contributed by atoms with Crippen LogP contribution in [0.5, 0.6) is 0 Å². The van der Waals surface area contributed by atoms with E-state index < -0.39 is 0 Å². The van der Waals surface area contributed by atoms with Crippen molar-refractivity contribution in [2.45, 2.75) is 13.8 Å². The highest BCUT2D eigenvalue weighted by Gasteiger charge is 2.24. The van der Waals surface area contributed by atoms with Crippen LogP contribution in [0, 0.1) is 6.92 Å². The second-order valence-electron chi connectivity index (χ2n) is 6.58. The summed E-state index contributed by atoms with van der Waals surface area (Å²) in [7, 11) is 0. The Bertz CT molecular complexity index is 865. The summed E-state index contributed by atoms with van der Waals surface area (Å²) < 4.78 is 5.03. The van der Waals surface area contributed by atoms with Crippen LogP contribution in [-0.2, 0) is 4.74 Å². The average molecular weight is 399 g/mol. The van der Waals surface area contributed by atoms with Gasteiger partial charge in [0.25, 0.3) is 5.91 Å². The van der Waals surface area contributed by atoms with Crippen LogP contribution in [0.3, 0.4) is 0 Å². The zero-order valence-corrected chi connectivity index (χ0v) is 16.5. The third-order valence-corrected chi connectivity index (χ3v) is 4.58. The number of benzene rings is 1. The van der Waals surface area contributed by atoms with Gasteiger partial charge in [0.2, 0.25) is 0 Å². The van der Waals surface area contributed by atoms with E-state index in [0.29, 0.717) is 55.7 Å². The SMILES string of the molecule is CCOC(=O)N1CCN(c2ncnc(NNC(=O)c3ccc(C)cc3)c2N)CC1. The zero-order valence-electron chi connectivity index (χ0n) is 16.5. The number of rotatable bonds is 5. The molecule has 2 aromatic rings. The fourth-order valence-electron chi connectivity index (χ4n) is 2.95. The number of anilines is 3. The number of amides is 2. The number of nitrogens with two attached hydrogens (primary N) is 1. The molecule has 1 aromatic carbocycles. The van der Waals surface area contributed by atoms with E-state index in [1.807, 2.05) is 24.0 Å². The van der Waals surface area contributed by atoms with Gasteiger partial charge in [-0.05, 0) is 26.0 Å². The van der Waals surface area contributed by atoms with Crippen molar-refractivity contribution in [3.05, 3.63) is 41.7 Å². The number of aryl methyl sites for hydroxylation is 1. The van der Waals surface area contributed by atoms with Gasteiger partial charge >= 0.3 is 6.09 Å². The lowest BCUT2D eigenvalue weighted by Gasteiger charge is -2.35. The summed E-state index contributed by atoms with van der Waals surface area (Å²) in [5.74, 6) is 0.562. The number of carbonyl (C=O) groups is 2. The van der Waals surface area contributed by atoms with E-state index in [1.165, 1.54) is 6.33 Å². The van der Waals surface area contributed by atoms with Gasteiger partial charge in [-0.3, -0.25) is 15.6 Å². The molecule has 0 atom stereocenters. The third kappa shape index (κ3) is 4.84. The van der Waals surface area contributed by atoms with Gasteiger partial charge < -0.3 is 20.3 Å². The van der Waals surface area contributed by atoms with E-state index in [1.54, 1.807) is 24.0 Å². The molecule has 1 aliphatic rings. The first-order valence-electron chi connectivity index (χ1n) is 9.39. The summed E-state index contributed by atoms with van der Waals surface area (Å²) in [5.41, 5.74) is 13.5. The maximum Gasteiger partial charge on any atom is 0.409 e. The smallest absolute Gasteiger partial charge is 0.409 e. The summed E-state index contributed by atoms with van der Waals surface area (Å²) in [6.07, 6.45) is 1.06. The van der Waals surface area contributed by atoms with Crippen LogP contribution in [-0.4, -0.2) is 59.7 Å². The number of nitrogens with one attached hydrogen (secondary N) is 2. The lowest BCUT2D eigenvalue weighted by Crippen LogP contribution is -2.49. The predicted octanol–water partition coefficient (Wildman–Crippen LogP) is 1.40. The van der Waals surface area contributed by atoms with Crippen LogP contribution < -0.4 is 21.5 Å². The topological polar surface area (TPSA) is 126 Å². The molecule has 3 rings (SSSR count). The Balaban J connectivity index is 1.62. The van der Waals surface area contributed by atoms with Gasteiger partial charge in [0.15, 0.2) is 11.6 Å². The lowest BCUT2D eigenvalue weighted by molar-refractivity contribution is 0.0962. The van der Waals surface area contributed by atoms with Crippen molar-refractivity contribution in [2.24, 2.45) is 0 Å². The highest BCUT2D eigenvalue weighted by Crippen LogP contribution is 2.26. The van der Waals surface area contributed by atoms with Crippen LogP contribution in [0.2, 0.25) is 0 Å². The highest BCUT2D eigenvalue weighted by atomic mass is 16.6. The van der Waals surface area contributed by atoms with Crippen molar-refractivity contribution in [1.82, 2.24) is 20.3 Å². The molecule has 1 aromatic heterocycles. The molecular formula is C19H25N7O3. The van der Waals surface area contributed by atoms with E-state index in [0.717, 1.165) is 5.56 Å². The molecular weight excluding hydrogens is 374 g/mol. The molecule has 0 aliphatic carbocycles. The number of hydrazine groups is 1. The second-order valence-corrected chi connectivity index (χ2v) is 6.58. The average Bonchev–Trinajstić information content (AvgIpc) is 2.73. The van der Waals surface area contributed by atoms with E-state index in [4.69, 9.17) is 10.5 Å². The van der Waals surface area contributed by atoms with Crippen molar-refractivity contribution < 1.29 is 14.3 Å². The number of nitrogen functional groups attached to an aromatic ring is 1. The highest BCUT2D eigenvalue weighted by molar-refractivity contribution is 5.95. The first-order chi connectivity index (χ1) is 14.0. The molecule has 0 unspecified atom stereocenters. The van der Waals surface area contributed by atoms with Gasteiger partial charge in [-0.25, -0.2) is 14.8 Å². The molecule has 1 aliphatic heterocycles. The molecule has 29 heavy (non-hydrogen) atoms. The van der Waals surface area contributed by atoms with Gasteiger partial charge in [-0.15, -0.1) is 0 Å². The van der Waals surface area contributed by atoms with E-state index in [2.05, 4.69) is 20.8 Å². The molecule has 154 valence electrons. The van der Waals surface area contributed by atoms with E-state index in [9.17, 15) is 9.59 Å². The van der Waals surface area contributed by atoms with E-state index >= 15 is 0 Å². The maximum absolute atomic E-state index is 12.3. The Kier molecular flexibility index (Phi) is 6.32. The van der Waals surface area contributed by atoms with Gasteiger partial charge in [-0.2, -0.15) is 0 Å². The van der Waals surface area contributed by atoms with Gasteiger partial charge in [0.05, 0.1) is 6.61 Å². The van der Waals surface area contributed by atoms with Crippen molar-refractivity contribution in [3.63, 3.8) is 0 Å². The minimum absolute atomic E-state index is 0.299. The number of nitrogens with zero attached hydrogens (tertiary/aromatic N) is 4. The molecule has 0 spiro atoms. The molecule has 1 saturated heterocycles. The maximum atomic E-state index is 12.3. The first kappa shape index (κ1) is 20.2. The normalized spacial score (nSPS) is 13.7. The molecule has 2 heterocycles. The largest absolute Gasteiger partial charge is 0.450 e. The van der Waals surface area contributed by atoms with E-state index in [-0.39, 0.29) is 12.0 Å². The Labute approximate surface area is 169 Å².